The molecule has 136 valence electrons. The number of nitriles is 1. The Balaban J connectivity index is 2.06. The van der Waals surface area contributed by atoms with Gasteiger partial charge in [0.2, 0.25) is 0 Å². The molecule has 0 unspecified atom stereocenters. The molecule has 0 aliphatic heterocycles. The van der Waals surface area contributed by atoms with Crippen LogP contribution in [0.15, 0.2) is 23.1 Å². The Kier molecular flexibility index (Phi) is 6.23. The van der Waals surface area contributed by atoms with Crippen LogP contribution >= 0.6 is 0 Å². The molecule has 1 aliphatic rings. The van der Waals surface area contributed by atoms with Gasteiger partial charge in [-0.05, 0) is 69.2 Å². The highest BCUT2D eigenvalue weighted by atomic mass is 32.2. The highest BCUT2D eigenvalue weighted by molar-refractivity contribution is 7.91. The maximum absolute atomic E-state index is 12.7. The molecule has 0 N–H and O–H groups in total. The lowest BCUT2D eigenvalue weighted by molar-refractivity contribution is -0.109. The second kappa shape index (κ2) is 8.01. The molecule has 1 fully saturated rings. The lowest BCUT2D eigenvalue weighted by atomic mass is 9.70. The lowest BCUT2D eigenvalue weighted by Crippen LogP contribution is -2.29. The van der Waals surface area contributed by atoms with Gasteiger partial charge in [-0.2, -0.15) is 5.26 Å². The second-order valence-corrected chi connectivity index (χ2v) is 8.88. The number of hydrogen-bond acceptors (Lipinski definition) is 5. The minimum Gasteiger partial charge on any atom is -0.494 e. The van der Waals surface area contributed by atoms with Crippen molar-refractivity contribution < 1.29 is 17.9 Å². The van der Waals surface area contributed by atoms with E-state index >= 15 is 0 Å². The zero-order valence-corrected chi connectivity index (χ0v) is 15.6. The number of nitrogens with zero attached hydrogens (tertiary/aromatic N) is 1. The summed E-state index contributed by atoms with van der Waals surface area (Å²) in [6, 6.07) is 7.23. The second-order valence-electron chi connectivity index (χ2n) is 6.85. The summed E-state index contributed by atoms with van der Waals surface area (Å²) in [7, 11) is -3.38. The van der Waals surface area contributed by atoms with Crippen LogP contribution in [0.5, 0.6) is 5.75 Å². The third kappa shape index (κ3) is 4.60. The van der Waals surface area contributed by atoms with Crippen LogP contribution in [0.3, 0.4) is 0 Å². The van der Waals surface area contributed by atoms with Crippen molar-refractivity contribution in [1.29, 1.82) is 5.26 Å². The zero-order chi connectivity index (χ0) is 18.5. The molecule has 0 atom stereocenters. The van der Waals surface area contributed by atoms with Gasteiger partial charge in [0.1, 0.15) is 12.0 Å². The molecular weight excluding hydrogens is 338 g/mol. The van der Waals surface area contributed by atoms with E-state index in [0.717, 1.165) is 11.8 Å². The summed E-state index contributed by atoms with van der Waals surface area (Å²) in [4.78, 5) is 11.1. The standard InChI is InChI=1S/C19H25NO4S/c1-3-24-18-5-4-17(12-15(18)2)25(22,23)13-16-6-8-19(14-20,9-7-16)10-11-21/h4-5,11-12,16H,3,6-10,13H2,1-2H3. The van der Waals surface area contributed by atoms with E-state index in [1.165, 1.54) is 0 Å². The molecule has 0 bridgehead atoms. The predicted octanol–water partition coefficient (Wildman–Crippen LogP) is 3.46. The maximum Gasteiger partial charge on any atom is 0.178 e. The van der Waals surface area contributed by atoms with Crippen molar-refractivity contribution in [3.8, 4) is 11.8 Å². The summed E-state index contributed by atoms with van der Waals surface area (Å²) in [5, 5.41) is 9.33. The fraction of sp³-hybridized carbons (Fsp3) is 0.579. The van der Waals surface area contributed by atoms with Gasteiger partial charge in [-0.15, -0.1) is 0 Å². The average molecular weight is 363 g/mol. The molecule has 1 aliphatic carbocycles. The van der Waals surface area contributed by atoms with Gasteiger partial charge in [0.15, 0.2) is 9.84 Å². The Hall–Kier alpha value is -1.87. The third-order valence-electron chi connectivity index (χ3n) is 5.03. The van der Waals surface area contributed by atoms with Crippen molar-refractivity contribution in [2.75, 3.05) is 12.4 Å². The monoisotopic (exact) mass is 363 g/mol. The Morgan fingerprint density at radius 2 is 2.04 bits per heavy atom. The number of carbonyl (C=O) groups is 1. The number of aryl methyl sites for hydroxylation is 1. The third-order valence-corrected chi connectivity index (χ3v) is 6.92. The van der Waals surface area contributed by atoms with E-state index in [4.69, 9.17) is 4.74 Å². The molecule has 25 heavy (non-hydrogen) atoms. The van der Waals surface area contributed by atoms with Crippen LogP contribution in [0.2, 0.25) is 0 Å². The maximum atomic E-state index is 12.7. The van der Waals surface area contributed by atoms with Crippen molar-refractivity contribution in [2.24, 2.45) is 11.3 Å². The zero-order valence-electron chi connectivity index (χ0n) is 14.8. The van der Waals surface area contributed by atoms with Gasteiger partial charge in [0, 0.05) is 6.42 Å². The Morgan fingerprint density at radius 3 is 2.56 bits per heavy atom. The Bertz CT molecular complexity index is 756. The van der Waals surface area contributed by atoms with E-state index in [1.807, 2.05) is 13.8 Å². The highest BCUT2D eigenvalue weighted by Gasteiger charge is 2.36. The molecule has 6 heteroatoms. The first-order chi connectivity index (χ1) is 11.9. The Labute approximate surface area is 149 Å². The van der Waals surface area contributed by atoms with Gasteiger partial charge in [-0.25, -0.2) is 8.42 Å². The van der Waals surface area contributed by atoms with Gasteiger partial charge in [0.05, 0.1) is 28.7 Å². The first-order valence-electron chi connectivity index (χ1n) is 8.67. The van der Waals surface area contributed by atoms with Gasteiger partial charge >= 0.3 is 0 Å². The van der Waals surface area contributed by atoms with Crippen molar-refractivity contribution >= 4 is 16.1 Å². The largest absolute Gasteiger partial charge is 0.494 e. The number of sulfone groups is 1. The lowest BCUT2D eigenvalue weighted by Gasteiger charge is -2.33. The number of benzene rings is 1. The van der Waals surface area contributed by atoms with Crippen LogP contribution < -0.4 is 4.74 Å². The highest BCUT2D eigenvalue weighted by Crippen LogP contribution is 2.41. The molecule has 0 amide bonds. The number of ether oxygens (including phenoxy) is 1. The van der Waals surface area contributed by atoms with Crippen LogP contribution in [-0.2, 0) is 14.6 Å². The molecule has 0 radical (unpaired) electrons. The van der Waals surface area contributed by atoms with Crippen LogP contribution in [-0.4, -0.2) is 27.1 Å². The smallest absolute Gasteiger partial charge is 0.178 e. The molecule has 5 nitrogen and oxygen atoms in total. The van der Waals surface area contributed by atoms with Gasteiger partial charge in [-0.1, -0.05) is 0 Å². The Morgan fingerprint density at radius 1 is 1.36 bits per heavy atom. The van der Waals surface area contributed by atoms with Crippen molar-refractivity contribution in [2.45, 2.75) is 50.8 Å². The molecule has 2 rings (SSSR count). The van der Waals surface area contributed by atoms with Gasteiger partial charge < -0.3 is 9.53 Å². The van der Waals surface area contributed by atoms with E-state index in [2.05, 4.69) is 6.07 Å². The van der Waals surface area contributed by atoms with Crippen LogP contribution in [0, 0.1) is 29.6 Å². The van der Waals surface area contributed by atoms with Gasteiger partial charge in [0.25, 0.3) is 0 Å². The van der Waals surface area contributed by atoms with E-state index in [-0.39, 0.29) is 18.1 Å². The van der Waals surface area contributed by atoms with E-state index in [9.17, 15) is 18.5 Å². The van der Waals surface area contributed by atoms with E-state index < -0.39 is 15.3 Å². The summed E-state index contributed by atoms with van der Waals surface area (Å²) in [6.45, 7) is 4.26. The predicted molar refractivity (Wildman–Crippen MR) is 95.1 cm³/mol. The average Bonchev–Trinajstić information content (AvgIpc) is 2.59. The van der Waals surface area contributed by atoms with Gasteiger partial charge in [-0.3, -0.25) is 0 Å². The minimum atomic E-state index is -3.38. The SMILES string of the molecule is CCOc1ccc(S(=O)(=O)CC2CCC(C#N)(CC=O)CC2)cc1C. The van der Waals surface area contributed by atoms with Crippen LogP contribution in [0.25, 0.3) is 0 Å². The summed E-state index contributed by atoms with van der Waals surface area (Å²) in [5.74, 6) is 0.819. The minimum absolute atomic E-state index is 0.0324. The van der Waals surface area contributed by atoms with Crippen molar-refractivity contribution in [3.63, 3.8) is 0 Å². The first-order valence-corrected chi connectivity index (χ1v) is 10.3. The summed E-state index contributed by atoms with van der Waals surface area (Å²) in [6.07, 6.45) is 3.53. The first kappa shape index (κ1) is 19.5. The number of aldehydes is 1. The quantitative estimate of drug-likeness (QED) is 0.693. The molecule has 1 saturated carbocycles. The summed E-state index contributed by atoms with van der Waals surface area (Å²) >= 11 is 0. The topological polar surface area (TPSA) is 84.2 Å². The molecule has 0 spiro atoms. The van der Waals surface area contributed by atoms with Crippen LogP contribution in [0.4, 0.5) is 0 Å². The van der Waals surface area contributed by atoms with E-state index in [0.29, 0.717) is 42.9 Å². The van der Waals surface area contributed by atoms with Crippen molar-refractivity contribution in [3.05, 3.63) is 23.8 Å². The van der Waals surface area contributed by atoms with E-state index in [1.54, 1.807) is 18.2 Å². The fourth-order valence-electron chi connectivity index (χ4n) is 3.46. The molecule has 0 heterocycles. The molecule has 1 aromatic rings. The number of hydrogen-bond donors (Lipinski definition) is 0. The molecule has 1 aromatic carbocycles. The normalized spacial score (nSPS) is 23.6. The molecule has 0 aromatic heterocycles. The molecular formula is C19H25NO4S. The number of rotatable bonds is 7. The van der Waals surface area contributed by atoms with Crippen LogP contribution in [0.1, 0.15) is 44.6 Å². The fourth-order valence-corrected chi connectivity index (χ4v) is 5.24. The summed E-state index contributed by atoms with van der Waals surface area (Å²) in [5.41, 5.74) is 0.207. The molecule has 0 saturated heterocycles. The van der Waals surface area contributed by atoms with Crippen molar-refractivity contribution in [1.82, 2.24) is 0 Å². The summed E-state index contributed by atoms with van der Waals surface area (Å²) < 4.78 is 30.9. The number of carbonyl (C=O) groups excluding carboxylic acids is 1.